The fourth-order valence-corrected chi connectivity index (χ4v) is 1.83. The number of hydrogen-bond donors (Lipinski definition) is 1. The van der Waals surface area contributed by atoms with Crippen LogP contribution in [0.25, 0.3) is 10.2 Å². The SMILES string of the molecule is Cc1ncc[nH]1.c1ccc2scnc2c1. The largest absolute Gasteiger partial charge is 0.349 e. The molecule has 0 atom stereocenters. The van der Waals surface area contributed by atoms with E-state index in [0.717, 1.165) is 11.3 Å². The van der Waals surface area contributed by atoms with Gasteiger partial charge in [0, 0.05) is 12.4 Å². The van der Waals surface area contributed by atoms with E-state index in [9.17, 15) is 0 Å². The van der Waals surface area contributed by atoms with E-state index in [1.165, 1.54) is 4.70 Å². The lowest BCUT2D eigenvalue weighted by molar-refractivity contribution is 1.15. The van der Waals surface area contributed by atoms with Crippen molar-refractivity contribution in [2.24, 2.45) is 0 Å². The molecular weight excluding hydrogens is 206 g/mol. The molecule has 76 valence electrons. The lowest BCUT2D eigenvalue weighted by atomic mass is 10.3. The van der Waals surface area contributed by atoms with Gasteiger partial charge in [-0.1, -0.05) is 12.1 Å². The Hall–Kier alpha value is -1.68. The van der Waals surface area contributed by atoms with Crippen LogP contribution >= 0.6 is 11.3 Å². The first kappa shape index (κ1) is 9.86. The van der Waals surface area contributed by atoms with E-state index in [0.29, 0.717) is 0 Å². The number of imidazole rings is 1. The van der Waals surface area contributed by atoms with E-state index in [1.807, 2.05) is 30.6 Å². The summed E-state index contributed by atoms with van der Waals surface area (Å²) in [5.74, 6) is 0.968. The van der Waals surface area contributed by atoms with Crippen LogP contribution in [0.4, 0.5) is 0 Å². The Kier molecular flexibility index (Phi) is 3.09. The summed E-state index contributed by atoms with van der Waals surface area (Å²) in [5.41, 5.74) is 2.97. The summed E-state index contributed by atoms with van der Waals surface area (Å²) in [5, 5.41) is 0. The molecule has 2 aromatic heterocycles. The summed E-state index contributed by atoms with van der Waals surface area (Å²) >= 11 is 1.68. The molecule has 3 aromatic rings. The molecule has 3 rings (SSSR count). The zero-order chi connectivity index (χ0) is 10.5. The van der Waals surface area contributed by atoms with Crippen LogP contribution < -0.4 is 0 Å². The minimum absolute atomic E-state index is 0.968. The molecule has 1 aromatic carbocycles. The highest BCUT2D eigenvalue weighted by molar-refractivity contribution is 7.16. The zero-order valence-electron chi connectivity index (χ0n) is 8.34. The number of H-pyrrole nitrogens is 1. The monoisotopic (exact) mass is 217 g/mol. The first-order valence-corrected chi connectivity index (χ1v) is 5.48. The Morgan fingerprint density at radius 2 is 2.07 bits per heavy atom. The molecule has 0 saturated carbocycles. The summed E-state index contributed by atoms with van der Waals surface area (Å²) < 4.78 is 1.26. The Morgan fingerprint density at radius 1 is 1.20 bits per heavy atom. The van der Waals surface area contributed by atoms with Crippen molar-refractivity contribution in [3.8, 4) is 0 Å². The number of para-hydroxylation sites is 1. The molecule has 3 nitrogen and oxygen atoms in total. The molecule has 0 aliphatic heterocycles. The van der Waals surface area contributed by atoms with Gasteiger partial charge in [0.15, 0.2) is 0 Å². The summed E-state index contributed by atoms with van der Waals surface area (Å²) in [4.78, 5) is 10.9. The van der Waals surface area contributed by atoms with Gasteiger partial charge in [0.25, 0.3) is 0 Å². The number of aryl methyl sites for hydroxylation is 1. The van der Waals surface area contributed by atoms with Gasteiger partial charge in [-0.05, 0) is 19.1 Å². The first-order valence-electron chi connectivity index (χ1n) is 4.60. The molecule has 0 spiro atoms. The topological polar surface area (TPSA) is 41.6 Å². The number of benzene rings is 1. The second-order valence-corrected chi connectivity index (χ2v) is 3.88. The van der Waals surface area contributed by atoms with E-state index in [4.69, 9.17) is 0 Å². The van der Waals surface area contributed by atoms with E-state index in [1.54, 1.807) is 23.7 Å². The van der Waals surface area contributed by atoms with Gasteiger partial charge >= 0.3 is 0 Å². The quantitative estimate of drug-likeness (QED) is 0.629. The fourth-order valence-electron chi connectivity index (χ4n) is 1.15. The number of rotatable bonds is 0. The molecule has 0 unspecified atom stereocenters. The van der Waals surface area contributed by atoms with Crippen molar-refractivity contribution in [3.05, 3.63) is 48.0 Å². The molecule has 0 saturated heterocycles. The average molecular weight is 217 g/mol. The van der Waals surface area contributed by atoms with E-state index in [-0.39, 0.29) is 0 Å². The Morgan fingerprint density at radius 3 is 2.67 bits per heavy atom. The number of aromatic amines is 1. The number of aromatic nitrogens is 3. The third-order valence-corrected chi connectivity index (χ3v) is 2.68. The number of hydrogen-bond acceptors (Lipinski definition) is 3. The van der Waals surface area contributed by atoms with E-state index >= 15 is 0 Å². The number of fused-ring (bicyclic) bond motifs is 1. The highest BCUT2D eigenvalue weighted by Crippen LogP contribution is 2.15. The summed E-state index contributed by atoms with van der Waals surface area (Å²) in [6, 6.07) is 8.13. The van der Waals surface area contributed by atoms with Crippen LogP contribution in [0.1, 0.15) is 5.82 Å². The van der Waals surface area contributed by atoms with Crippen molar-refractivity contribution < 1.29 is 0 Å². The standard InChI is InChI=1S/C7H5NS.C4H6N2/c1-2-4-7-6(3-1)8-5-9-7;1-4-5-2-3-6-4/h1-5H;2-3H,1H3,(H,5,6). The lowest BCUT2D eigenvalue weighted by Gasteiger charge is -1.80. The summed E-state index contributed by atoms with van der Waals surface area (Å²) in [7, 11) is 0. The maximum absolute atomic E-state index is 4.14. The van der Waals surface area contributed by atoms with E-state index < -0.39 is 0 Å². The Bertz CT molecular complexity index is 483. The van der Waals surface area contributed by atoms with Crippen LogP contribution in [0.2, 0.25) is 0 Å². The van der Waals surface area contributed by atoms with Gasteiger partial charge in [0.05, 0.1) is 15.7 Å². The molecule has 0 aliphatic carbocycles. The predicted molar refractivity (Wildman–Crippen MR) is 62.9 cm³/mol. The molecule has 0 bridgehead atoms. The fraction of sp³-hybridized carbons (Fsp3) is 0.0909. The average Bonchev–Trinajstić information content (AvgIpc) is 2.88. The van der Waals surface area contributed by atoms with Gasteiger partial charge in [-0.2, -0.15) is 0 Å². The third kappa shape index (κ3) is 2.63. The molecule has 0 radical (unpaired) electrons. The van der Waals surface area contributed by atoms with Gasteiger partial charge in [0.1, 0.15) is 5.82 Å². The second-order valence-electron chi connectivity index (χ2n) is 2.99. The maximum Gasteiger partial charge on any atom is 0.102 e. The summed E-state index contributed by atoms with van der Waals surface area (Å²) in [6.07, 6.45) is 3.53. The maximum atomic E-state index is 4.14. The van der Waals surface area contributed by atoms with Gasteiger partial charge in [-0.3, -0.25) is 0 Å². The van der Waals surface area contributed by atoms with Crippen LogP contribution in [0.3, 0.4) is 0 Å². The van der Waals surface area contributed by atoms with Crippen LogP contribution in [0.5, 0.6) is 0 Å². The summed E-state index contributed by atoms with van der Waals surface area (Å²) in [6.45, 7) is 1.92. The van der Waals surface area contributed by atoms with Crippen molar-refractivity contribution >= 4 is 21.6 Å². The van der Waals surface area contributed by atoms with Gasteiger partial charge in [0.2, 0.25) is 0 Å². The highest BCUT2D eigenvalue weighted by Gasteiger charge is 1.89. The van der Waals surface area contributed by atoms with Crippen molar-refractivity contribution in [1.82, 2.24) is 15.0 Å². The Labute approximate surface area is 91.8 Å². The molecule has 0 aliphatic rings. The molecule has 4 heteroatoms. The van der Waals surface area contributed by atoms with Crippen molar-refractivity contribution in [2.45, 2.75) is 6.92 Å². The molecule has 1 N–H and O–H groups in total. The van der Waals surface area contributed by atoms with Gasteiger partial charge in [-0.25, -0.2) is 9.97 Å². The molecule has 0 amide bonds. The zero-order valence-corrected chi connectivity index (χ0v) is 9.16. The van der Waals surface area contributed by atoms with E-state index in [2.05, 4.69) is 21.0 Å². The Balaban J connectivity index is 0.000000124. The van der Waals surface area contributed by atoms with Crippen LogP contribution in [-0.4, -0.2) is 15.0 Å². The molecule has 2 heterocycles. The number of thiazole rings is 1. The molecule has 15 heavy (non-hydrogen) atoms. The minimum Gasteiger partial charge on any atom is -0.349 e. The second kappa shape index (κ2) is 4.70. The minimum atomic E-state index is 0.968. The molecule has 0 fully saturated rings. The molecular formula is C11H11N3S. The van der Waals surface area contributed by atoms with Gasteiger partial charge in [-0.15, -0.1) is 11.3 Å². The smallest absolute Gasteiger partial charge is 0.102 e. The highest BCUT2D eigenvalue weighted by atomic mass is 32.1. The van der Waals surface area contributed by atoms with Crippen LogP contribution in [0, 0.1) is 6.92 Å². The number of nitrogens with one attached hydrogen (secondary N) is 1. The van der Waals surface area contributed by atoms with Crippen molar-refractivity contribution in [2.75, 3.05) is 0 Å². The van der Waals surface area contributed by atoms with Gasteiger partial charge < -0.3 is 4.98 Å². The first-order chi connectivity index (χ1) is 7.36. The van der Waals surface area contributed by atoms with Crippen LogP contribution in [-0.2, 0) is 0 Å². The normalized spacial score (nSPS) is 9.67. The van der Waals surface area contributed by atoms with Crippen molar-refractivity contribution in [3.63, 3.8) is 0 Å². The predicted octanol–water partition coefficient (Wildman–Crippen LogP) is 3.01. The lowest BCUT2D eigenvalue weighted by Crippen LogP contribution is -1.66. The van der Waals surface area contributed by atoms with Crippen molar-refractivity contribution in [1.29, 1.82) is 0 Å². The number of nitrogens with zero attached hydrogens (tertiary/aromatic N) is 2. The van der Waals surface area contributed by atoms with Crippen LogP contribution in [0.15, 0.2) is 42.2 Å². The third-order valence-electron chi connectivity index (χ3n) is 1.87.